The van der Waals surface area contributed by atoms with Crippen LogP contribution in [0, 0.1) is 0 Å². The van der Waals surface area contributed by atoms with Crippen LogP contribution in [0.25, 0.3) is 0 Å². The second-order valence-corrected chi connectivity index (χ2v) is 5.77. The number of thiocarbonyl (C=S) groups is 1. The molecule has 0 fully saturated rings. The molecule has 0 unspecified atom stereocenters. The minimum atomic E-state index is -0.510. The van der Waals surface area contributed by atoms with Crippen LogP contribution >= 0.6 is 12.2 Å². The monoisotopic (exact) mass is 311 g/mol. The van der Waals surface area contributed by atoms with Gasteiger partial charge >= 0.3 is 6.09 Å². The van der Waals surface area contributed by atoms with Crippen molar-refractivity contribution in [3.63, 3.8) is 0 Å². The van der Waals surface area contributed by atoms with E-state index in [1.54, 1.807) is 45.0 Å². The number of rotatable bonds is 4. The molecule has 0 aliphatic carbocycles. The summed E-state index contributed by atoms with van der Waals surface area (Å²) in [4.78, 5) is 11.4. The second-order valence-electron chi connectivity index (χ2n) is 5.36. The fourth-order valence-electron chi connectivity index (χ4n) is 1.41. The highest BCUT2D eigenvalue weighted by molar-refractivity contribution is 7.80. The predicted octanol–water partition coefficient (Wildman–Crippen LogP) is 2.20. The number of hydrogen-bond donors (Lipinski definition) is 4. The van der Waals surface area contributed by atoms with Gasteiger partial charge in [-0.15, -0.1) is 0 Å². The van der Waals surface area contributed by atoms with E-state index in [1.165, 1.54) is 0 Å². The fourth-order valence-corrected chi connectivity index (χ4v) is 1.63. The first-order chi connectivity index (χ1) is 9.76. The van der Waals surface area contributed by atoms with Gasteiger partial charge in [0.15, 0.2) is 5.11 Å². The predicted molar refractivity (Wildman–Crippen MR) is 86.6 cm³/mol. The number of nitrogens with one attached hydrogen (secondary N) is 3. The molecule has 0 heterocycles. The summed E-state index contributed by atoms with van der Waals surface area (Å²) in [6, 6.07) is 6.64. The number of benzene rings is 1. The quantitative estimate of drug-likeness (QED) is 0.504. The Balaban J connectivity index is 2.21. The highest BCUT2D eigenvalue weighted by atomic mass is 32.1. The van der Waals surface area contributed by atoms with Crippen molar-refractivity contribution in [3.8, 4) is 5.75 Å². The molecule has 0 spiro atoms. The van der Waals surface area contributed by atoms with Crippen molar-refractivity contribution in [1.82, 2.24) is 10.6 Å². The molecule has 0 atom stereocenters. The lowest BCUT2D eigenvalue weighted by Gasteiger charge is -2.19. The Hall–Kier alpha value is -2.02. The van der Waals surface area contributed by atoms with Crippen LogP contribution in [0.4, 0.5) is 10.5 Å². The van der Waals surface area contributed by atoms with E-state index in [0.717, 1.165) is 0 Å². The average Bonchev–Trinajstić information content (AvgIpc) is 2.32. The fraction of sp³-hybridized carbons (Fsp3) is 0.429. The largest absolute Gasteiger partial charge is 0.508 e. The Morgan fingerprint density at radius 1 is 1.29 bits per heavy atom. The van der Waals surface area contributed by atoms with Gasteiger partial charge in [-0.1, -0.05) is 6.07 Å². The number of carbonyl (C=O) groups is 1. The van der Waals surface area contributed by atoms with Crippen LogP contribution in [0.3, 0.4) is 0 Å². The molecule has 1 aromatic rings. The highest BCUT2D eigenvalue weighted by Crippen LogP contribution is 2.14. The Morgan fingerprint density at radius 2 is 1.95 bits per heavy atom. The minimum Gasteiger partial charge on any atom is -0.508 e. The van der Waals surface area contributed by atoms with E-state index in [0.29, 0.717) is 23.9 Å². The van der Waals surface area contributed by atoms with Gasteiger partial charge in [0, 0.05) is 24.8 Å². The number of carbonyl (C=O) groups excluding carboxylic acids is 1. The zero-order valence-electron chi connectivity index (χ0n) is 12.4. The Kier molecular flexibility index (Phi) is 6.23. The SMILES string of the molecule is CC(C)(C)OC(=O)NCCNC(=S)Nc1cccc(O)c1. The molecule has 0 aliphatic heterocycles. The molecule has 0 radical (unpaired) electrons. The first kappa shape index (κ1) is 17.0. The number of phenolic OH excluding ortho intramolecular Hbond substituents is 1. The van der Waals surface area contributed by atoms with Gasteiger partial charge < -0.3 is 25.8 Å². The number of ether oxygens (including phenoxy) is 1. The van der Waals surface area contributed by atoms with Crippen LogP contribution in [-0.2, 0) is 4.74 Å². The van der Waals surface area contributed by atoms with Crippen molar-refractivity contribution < 1.29 is 14.6 Å². The lowest BCUT2D eigenvalue weighted by Crippen LogP contribution is -2.39. The highest BCUT2D eigenvalue weighted by Gasteiger charge is 2.15. The lowest BCUT2D eigenvalue weighted by molar-refractivity contribution is 0.0529. The maximum Gasteiger partial charge on any atom is 0.407 e. The van der Waals surface area contributed by atoms with E-state index in [2.05, 4.69) is 16.0 Å². The molecule has 1 rings (SSSR count). The summed E-state index contributed by atoms with van der Waals surface area (Å²) in [7, 11) is 0. The third-order valence-corrected chi connectivity index (χ3v) is 2.43. The third-order valence-electron chi connectivity index (χ3n) is 2.18. The van der Waals surface area contributed by atoms with E-state index in [-0.39, 0.29) is 5.75 Å². The summed E-state index contributed by atoms with van der Waals surface area (Å²) in [5, 5.41) is 18.2. The molecular formula is C14H21N3O3S. The van der Waals surface area contributed by atoms with Crippen molar-refractivity contribution in [3.05, 3.63) is 24.3 Å². The van der Waals surface area contributed by atoms with Gasteiger partial charge in [-0.05, 0) is 45.1 Å². The summed E-state index contributed by atoms with van der Waals surface area (Å²) in [5.74, 6) is 0.161. The first-order valence-electron chi connectivity index (χ1n) is 6.57. The van der Waals surface area contributed by atoms with Crippen LogP contribution in [0.5, 0.6) is 5.75 Å². The standard InChI is InChI=1S/C14H21N3O3S/c1-14(2,3)20-13(19)16-8-7-15-12(21)17-10-5-4-6-11(18)9-10/h4-6,9,18H,7-8H2,1-3H3,(H,16,19)(H2,15,17,21). The molecule has 21 heavy (non-hydrogen) atoms. The molecule has 0 aromatic heterocycles. The number of phenols is 1. The van der Waals surface area contributed by atoms with E-state index < -0.39 is 11.7 Å². The van der Waals surface area contributed by atoms with Crippen LogP contribution in [0.1, 0.15) is 20.8 Å². The molecule has 0 aliphatic rings. The van der Waals surface area contributed by atoms with Gasteiger partial charge in [-0.25, -0.2) is 4.79 Å². The first-order valence-corrected chi connectivity index (χ1v) is 6.98. The number of amides is 1. The van der Waals surface area contributed by atoms with E-state index >= 15 is 0 Å². The second kappa shape index (κ2) is 7.68. The molecule has 4 N–H and O–H groups in total. The number of aromatic hydroxyl groups is 1. The maximum atomic E-state index is 11.4. The minimum absolute atomic E-state index is 0.161. The normalized spacial score (nSPS) is 10.6. The number of hydrogen-bond acceptors (Lipinski definition) is 4. The summed E-state index contributed by atoms with van der Waals surface area (Å²) in [6.45, 7) is 6.26. The Bertz CT molecular complexity index is 500. The topological polar surface area (TPSA) is 82.6 Å². The maximum absolute atomic E-state index is 11.4. The molecule has 7 heteroatoms. The molecule has 0 saturated heterocycles. The summed E-state index contributed by atoms with van der Waals surface area (Å²) in [6.07, 6.45) is -0.462. The zero-order chi connectivity index (χ0) is 15.9. The van der Waals surface area contributed by atoms with Gasteiger partial charge in [0.2, 0.25) is 0 Å². The van der Waals surface area contributed by atoms with Crippen LogP contribution in [0.2, 0.25) is 0 Å². The van der Waals surface area contributed by atoms with Gasteiger partial charge in [0.05, 0.1) is 0 Å². The number of alkyl carbamates (subject to hydrolysis) is 1. The van der Waals surface area contributed by atoms with Crippen molar-refractivity contribution in [2.75, 3.05) is 18.4 Å². The molecule has 1 aromatic carbocycles. The van der Waals surface area contributed by atoms with Gasteiger partial charge in [-0.3, -0.25) is 0 Å². The van der Waals surface area contributed by atoms with Crippen LogP contribution in [0.15, 0.2) is 24.3 Å². The Labute approximate surface area is 129 Å². The molecule has 0 bridgehead atoms. The average molecular weight is 311 g/mol. The van der Waals surface area contributed by atoms with E-state index in [4.69, 9.17) is 17.0 Å². The molecule has 116 valence electrons. The van der Waals surface area contributed by atoms with E-state index in [9.17, 15) is 9.90 Å². The van der Waals surface area contributed by atoms with Crippen LogP contribution < -0.4 is 16.0 Å². The zero-order valence-corrected chi connectivity index (χ0v) is 13.2. The lowest BCUT2D eigenvalue weighted by atomic mass is 10.2. The summed E-state index contributed by atoms with van der Waals surface area (Å²) < 4.78 is 5.10. The van der Waals surface area contributed by atoms with Crippen molar-refractivity contribution in [2.24, 2.45) is 0 Å². The molecular weight excluding hydrogens is 290 g/mol. The van der Waals surface area contributed by atoms with E-state index in [1.807, 2.05) is 0 Å². The van der Waals surface area contributed by atoms with Crippen molar-refractivity contribution >= 4 is 29.1 Å². The third kappa shape index (κ3) is 7.98. The van der Waals surface area contributed by atoms with Crippen molar-refractivity contribution in [1.29, 1.82) is 0 Å². The molecule has 1 amide bonds. The number of anilines is 1. The molecule has 6 nitrogen and oxygen atoms in total. The molecule has 0 saturated carbocycles. The van der Waals surface area contributed by atoms with Gasteiger partial charge in [0.1, 0.15) is 11.4 Å². The summed E-state index contributed by atoms with van der Waals surface area (Å²) >= 11 is 5.10. The van der Waals surface area contributed by atoms with Gasteiger partial charge in [0.25, 0.3) is 0 Å². The van der Waals surface area contributed by atoms with Gasteiger partial charge in [-0.2, -0.15) is 0 Å². The Morgan fingerprint density at radius 3 is 2.57 bits per heavy atom. The van der Waals surface area contributed by atoms with Crippen molar-refractivity contribution in [2.45, 2.75) is 26.4 Å². The smallest absolute Gasteiger partial charge is 0.407 e. The van der Waals surface area contributed by atoms with Crippen LogP contribution in [-0.4, -0.2) is 35.0 Å². The summed E-state index contributed by atoms with van der Waals surface area (Å²) in [5.41, 5.74) is 0.177.